The van der Waals surface area contributed by atoms with Crippen molar-refractivity contribution in [2.75, 3.05) is 13.1 Å². The van der Waals surface area contributed by atoms with Crippen LogP contribution in [-0.4, -0.2) is 24.0 Å². The van der Waals surface area contributed by atoms with Crippen LogP contribution < -0.4 is 10.6 Å². The highest BCUT2D eigenvalue weighted by molar-refractivity contribution is 5.91. The van der Waals surface area contributed by atoms with Gasteiger partial charge in [0.05, 0.1) is 17.8 Å². The van der Waals surface area contributed by atoms with Gasteiger partial charge in [0.2, 0.25) is 5.76 Å². The first-order valence-electron chi connectivity index (χ1n) is 8.49. The summed E-state index contributed by atoms with van der Waals surface area (Å²) in [5.41, 5.74) is -0.379. The van der Waals surface area contributed by atoms with Crippen molar-refractivity contribution in [1.29, 1.82) is 0 Å². The lowest BCUT2D eigenvalue weighted by Gasteiger charge is -2.19. The molecule has 8 heteroatoms. The van der Waals surface area contributed by atoms with Crippen LogP contribution in [0.25, 0.3) is 0 Å². The van der Waals surface area contributed by atoms with Crippen LogP contribution in [0.1, 0.15) is 59.3 Å². The third-order valence-corrected chi connectivity index (χ3v) is 4.50. The van der Waals surface area contributed by atoms with Crippen LogP contribution in [0.15, 0.2) is 34.9 Å². The predicted molar refractivity (Wildman–Crippen MR) is 88.7 cm³/mol. The lowest BCUT2D eigenvalue weighted by Crippen LogP contribution is -2.27. The fourth-order valence-corrected chi connectivity index (χ4v) is 2.99. The first-order chi connectivity index (χ1) is 12.3. The zero-order valence-electron chi connectivity index (χ0n) is 14.3. The number of carbonyl (C=O) groups is 1. The van der Waals surface area contributed by atoms with E-state index >= 15 is 0 Å². The first-order valence-corrected chi connectivity index (χ1v) is 8.49. The molecule has 0 saturated carbocycles. The quantitative estimate of drug-likeness (QED) is 0.866. The number of amides is 1. The number of hydrogen-bond donors (Lipinski definition) is 2. The fourth-order valence-electron chi connectivity index (χ4n) is 2.99. The standard InChI is InChI=1S/C18H20F3N3O2/c1-11(13-3-2-4-14(9-13)18(19,20)21)24-16(25)15-10-23-17(26-15)12-5-7-22-8-6-12/h2-4,9-12,22H,5-8H2,1H3,(H,24,25). The van der Waals surface area contributed by atoms with Gasteiger partial charge in [-0.1, -0.05) is 12.1 Å². The highest BCUT2D eigenvalue weighted by Crippen LogP contribution is 2.31. The molecule has 0 spiro atoms. The zero-order chi connectivity index (χ0) is 18.7. The van der Waals surface area contributed by atoms with E-state index in [1.807, 2.05) is 0 Å². The second-order valence-corrected chi connectivity index (χ2v) is 6.41. The maximum Gasteiger partial charge on any atom is 0.416 e. The van der Waals surface area contributed by atoms with Crippen molar-refractivity contribution in [3.05, 3.63) is 53.2 Å². The van der Waals surface area contributed by atoms with Crippen LogP contribution in [0.3, 0.4) is 0 Å². The third-order valence-electron chi connectivity index (χ3n) is 4.50. The van der Waals surface area contributed by atoms with Gasteiger partial charge in [-0.3, -0.25) is 4.79 Å². The Morgan fingerprint density at radius 1 is 1.35 bits per heavy atom. The molecule has 1 saturated heterocycles. The lowest BCUT2D eigenvalue weighted by molar-refractivity contribution is -0.137. The van der Waals surface area contributed by atoms with Gasteiger partial charge < -0.3 is 15.1 Å². The van der Waals surface area contributed by atoms with Gasteiger partial charge in [-0.15, -0.1) is 0 Å². The number of oxazole rings is 1. The number of alkyl halides is 3. The smallest absolute Gasteiger partial charge is 0.416 e. The maximum absolute atomic E-state index is 12.8. The Labute approximate surface area is 149 Å². The summed E-state index contributed by atoms with van der Waals surface area (Å²) in [7, 11) is 0. The molecule has 0 radical (unpaired) electrons. The van der Waals surface area contributed by atoms with E-state index < -0.39 is 23.7 Å². The molecule has 1 aliphatic heterocycles. The van der Waals surface area contributed by atoms with Crippen molar-refractivity contribution in [3.8, 4) is 0 Å². The lowest BCUT2D eigenvalue weighted by atomic mass is 9.98. The molecule has 1 fully saturated rings. The van der Waals surface area contributed by atoms with Crippen LogP contribution in [0.4, 0.5) is 13.2 Å². The van der Waals surface area contributed by atoms with Crippen molar-refractivity contribution in [2.45, 2.75) is 37.9 Å². The second-order valence-electron chi connectivity index (χ2n) is 6.41. The summed E-state index contributed by atoms with van der Waals surface area (Å²) in [4.78, 5) is 16.5. The summed E-state index contributed by atoms with van der Waals surface area (Å²) in [5.74, 6) is 0.280. The van der Waals surface area contributed by atoms with Crippen LogP contribution >= 0.6 is 0 Å². The molecule has 1 aromatic heterocycles. The van der Waals surface area contributed by atoms with E-state index in [2.05, 4.69) is 15.6 Å². The van der Waals surface area contributed by atoms with E-state index in [4.69, 9.17) is 4.42 Å². The molecule has 140 valence electrons. The van der Waals surface area contributed by atoms with E-state index in [-0.39, 0.29) is 11.7 Å². The van der Waals surface area contributed by atoms with E-state index in [1.165, 1.54) is 12.3 Å². The average molecular weight is 367 g/mol. The van der Waals surface area contributed by atoms with Crippen LogP contribution in [0.5, 0.6) is 0 Å². The van der Waals surface area contributed by atoms with Crippen LogP contribution in [-0.2, 0) is 6.18 Å². The van der Waals surface area contributed by atoms with Crippen LogP contribution in [0, 0.1) is 0 Å². The molecule has 5 nitrogen and oxygen atoms in total. The molecule has 1 aromatic carbocycles. The Bertz CT molecular complexity index is 767. The summed E-state index contributed by atoms with van der Waals surface area (Å²) in [6.45, 7) is 3.37. The predicted octanol–water partition coefficient (Wildman–Crippen LogP) is 3.65. The van der Waals surface area contributed by atoms with Gasteiger partial charge in [-0.2, -0.15) is 13.2 Å². The summed E-state index contributed by atoms with van der Waals surface area (Å²) < 4.78 is 44.0. The van der Waals surface area contributed by atoms with Gasteiger partial charge >= 0.3 is 6.18 Å². The Balaban J connectivity index is 1.67. The van der Waals surface area contributed by atoms with Gasteiger partial charge in [0.15, 0.2) is 5.89 Å². The molecule has 1 unspecified atom stereocenters. The molecule has 2 N–H and O–H groups in total. The number of aromatic nitrogens is 1. The highest BCUT2D eigenvalue weighted by Gasteiger charge is 2.31. The Hall–Kier alpha value is -2.35. The Morgan fingerprint density at radius 2 is 2.08 bits per heavy atom. The zero-order valence-corrected chi connectivity index (χ0v) is 14.3. The summed E-state index contributed by atoms with van der Waals surface area (Å²) in [6.07, 6.45) is -1.27. The normalized spacial score (nSPS) is 17.1. The van der Waals surface area contributed by atoms with E-state index in [0.29, 0.717) is 11.5 Å². The van der Waals surface area contributed by atoms with E-state index in [0.717, 1.165) is 38.1 Å². The van der Waals surface area contributed by atoms with Gasteiger partial charge in [0.25, 0.3) is 5.91 Å². The second kappa shape index (κ2) is 7.49. The third kappa shape index (κ3) is 4.24. The number of carbonyl (C=O) groups excluding carboxylic acids is 1. The maximum atomic E-state index is 12.8. The minimum Gasteiger partial charge on any atom is -0.435 e. The SMILES string of the molecule is CC(NC(=O)c1cnc(C2CCNCC2)o1)c1cccc(C(F)(F)F)c1. The molecule has 26 heavy (non-hydrogen) atoms. The Kier molecular flexibility index (Phi) is 5.31. The van der Waals surface area contributed by atoms with Gasteiger partial charge in [-0.05, 0) is 50.6 Å². The number of hydrogen-bond acceptors (Lipinski definition) is 4. The molecular formula is C18H20F3N3O2. The first kappa shape index (κ1) is 18.4. The van der Waals surface area contributed by atoms with Gasteiger partial charge in [-0.25, -0.2) is 4.98 Å². The molecule has 1 amide bonds. The van der Waals surface area contributed by atoms with Crippen molar-refractivity contribution >= 4 is 5.91 Å². The monoisotopic (exact) mass is 367 g/mol. The van der Waals surface area contributed by atoms with Crippen molar-refractivity contribution < 1.29 is 22.4 Å². The Morgan fingerprint density at radius 3 is 2.77 bits per heavy atom. The largest absolute Gasteiger partial charge is 0.435 e. The molecule has 2 aromatic rings. The number of piperidine rings is 1. The molecule has 0 aliphatic carbocycles. The van der Waals surface area contributed by atoms with Gasteiger partial charge in [0.1, 0.15) is 0 Å². The number of nitrogens with one attached hydrogen (secondary N) is 2. The molecule has 1 atom stereocenters. The average Bonchev–Trinajstić information content (AvgIpc) is 3.12. The summed E-state index contributed by atoms with van der Waals surface area (Å²) in [5, 5.41) is 5.90. The number of benzene rings is 1. The number of rotatable bonds is 4. The highest BCUT2D eigenvalue weighted by atomic mass is 19.4. The number of nitrogens with zero attached hydrogens (tertiary/aromatic N) is 1. The molecule has 3 rings (SSSR count). The van der Waals surface area contributed by atoms with Gasteiger partial charge in [0, 0.05) is 5.92 Å². The minimum atomic E-state index is -4.42. The van der Waals surface area contributed by atoms with Crippen molar-refractivity contribution in [1.82, 2.24) is 15.6 Å². The summed E-state index contributed by atoms with van der Waals surface area (Å²) in [6, 6.07) is 4.30. The van der Waals surface area contributed by atoms with E-state index in [9.17, 15) is 18.0 Å². The number of halogens is 3. The van der Waals surface area contributed by atoms with Crippen molar-refractivity contribution in [3.63, 3.8) is 0 Å². The fraction of sp³-hybridized carbons (Fsp3) is 0.444. The molecule has 0 bridgehead atoms. The molecule has 1 aliphatic rings. The summed E-state index contributed by atoms with van der Waals surface area (Å²) >= 11 is 0. The van der Waals surface area contributed by atoms with Crippen LogP contribution in [0.2, 0.25) is 0 Å². The van der Waals surface area contributed by atoms with E-state index in [1.54, 1.807) is 13.0 Å². The topological polar surface area (TPSA) is 67.2 Å². The minimum absolute atomic E-state index is 0.0670. The molecular weight excluding hydrogens is 347 g/mol. The molecule has 2 heterocycles. The van der Waals surface area contributed by atoms with Crippen molar-refractivity contribution in [2.24, 2.45) is 0 Å².